The van der Waals surface area contributed by atoms with E-state index in [-0.39, 0.29) is 10.6 Å². The summed E-state index contributed by atoms with van der Waals surface area (Å²) in [6.07, 6.45) is 0.772. The highest BCUT2D eigenvalue weighted by Gasteiger charge is 2.20. The molecular weight excluding hydrogens is 264 g/mol. The van der Waals surface area contributed by atoms with E-state index in [1.54, 1.807) is 6.07 Å². The summed E-state index contributed by atoms with van der Waals surface area (Å²) >= 11 is 1.40. The van der Waals surface area contributed by atoms with Gasteiger partial charge < -0.3 is 5.32 Å². The molecule has 0 aliphatic heterocycles. The van der Waals surface area contributed by atoms with Gasteiger partial charge in [-0.1, -0.05) is 23.5 Å². The Morgan fingerprint density at radius 1 is 1.42 bits per heavy atom. The quantitative estimate of drug-likeness (QED) is 0.669. The number of hydrogen-bond acceptors (Lipinski definition) is 6. The maximum atomic E-state index is 11.1. The molecule has 0 fully saturated rings. The van der Waals surface area contributed by atoms with Crippen LogP contribution >= 0.6 is 11.3 Å². The van der Waals surface area contributed by atoms with E-state index in [1.165, 1.54) is 17.4 Å². The average molecular weight is 278 g/mol. The topological polar surface area (TPSA) is 81.0 Å². The summed E-state index contributed by atoms with van der Waals surface area (Å²) in [6, 6.07) is 5.02. The maximum absolute atomic E-state index is 11.1. The Morgan fingerprint density at radius 3 is 2.89 bits per heavy atom. The highest BCUT2D eigenvalue weighted by atomic mass is 32.1. The molecule has 0 unspecified atom stereocenters. The third-order valence-corrected chi connectivity index (χ3v) is 3.72. The Balaban J connectivity index is 2.41. The fourth-order valence-electron chi connectivity index (χ4n) is 1.77. The number of hydrogen-bond donors (Lipinski definition) is 1. The average Bonchev–Trinajstić information content (AvgIpc) is 2.84. The lowest BCUT2D eigenvalue weighted by Crippen LogP contribution is -2.09. The Bertz CT molecular complexity index is 597. The molecule has 2 aromatic rings. The van der Waals surface area contributed by atoms with Gasteiger partial charge >= 0.3 is 0 Å². The van der Waals surface area contributed by atoms with E-state index in [0.29, 0.717) is 10.6 Å². The zero-order chi connectivity index (χ0) is 13.8. The van der Waals surface area contributed by atoms with Gasteiger partial charge in [0.25, 0.3) is 5.69 Å². The summed E-state index contributed by atoms with van der Waals surface area (Å²) in [5, 5.41) is 23.8. The number of nitro groups is 1. The summed E-state index contributed by atoms with van der Waals surface area (Å²) in [7, 11) is 1.87. The second-order valence-corrected chi connectivity index (χ2v) is 5.14. The molecule has 0 radical (unpaired) electrons. The first kappa shape index (κ1) is 13.6. The van der Waals surface area contributed by atoms with Crippen molar-refractivity contribution in [3.05, 3.63) is 38.9 Å². The smallest absolute Gasteiger partial charge is 0.279 e. The molecule has 2 rings (SSSR count). The second-order valence-electron chi connectivity index (χ2n) is 4.08. The zero-order valence-electron chi connectivity index (χ0n) is 10.7. The number of rotatable bonds is 5. The predicted molar refractivity (Wildman–Crippen MR) is 74.4 cm³/mol. The van der Waals surface area contributed by atoms with Crippen molar-refractivity contribution in [2.24, 2.45) is 0 Å². The number of benzene rings is 1. The van der Waals surface area contributed by atoms with E-state index < -0.39 is 0 Å². The minimum absolute atomic E-state index is 0.0799. The molecule has 7 heteroatoms. The number of likely N-dealkylation sites (N-methyl/N-ethyl adjacent to an activating group) is 1. The summed E-state index contributed by atoms with van der Waals surface area (Å²) in [5.74, 6) is 0. The van der Waals surface area contributed by atoms with Gasteiger partial charge in [-0.15, -0.1) is 10.2 Å². The van der Waals surface area contributed by atoms with Crippen LogP contribution in [0.25, 0.3) is 10.6 Å². The molecular formula is C12H14N4O2S. The Hall–Kier alpha value is -1.86. The van der Waals surface area contributed by atoms with E-state index in [1.807, 2.05) is 20.0 Å². The Kier molecular flexibility index (Phi) is 4.18. The number of nitro benzene ring substituents is 1. The SMILES string of the molecule is CNCCc1nnc(-c2c(C)cccc2[N+](=O)[O-])s1. The number of aromatic nitrogens is 2. The molecule has 19 heavy (non-hydrogen) atoms. The van der Waals surface area contributed by atoms with E-state index in [9.17, 15) is 10.1 Å². The molecule has 100 valence electrons. The van der Waals surface area contributed by atoms with Crippen LogP contribution < -0.4 is 5.32 Å². The largest absolute Gasteiger partial charge is 0.319 e. The minimum Gasteiger partial charge on any atom is -0.319 e. The summed E-state index contributed by atoms with van der Waals surface area (Å²) in [6.45, 7) is 2.65. The van der Waals surface area contributed by atoms with Gasteiger partial charge in [0.15, 0.2) is 5.01 Å². The highest BCUT2D eigenvalue weighted by Crippen LogP contribution is 2.34. The van der Waals surface area contributed by atoms with E-state index in [0.717, 1.165) is 23.5 Å². The molecule has 1 aromatic heterocycles. The molecule has 0 aliphatic carbocycles. The van der Waals surface area contributed by atoms with Gasteiger partial charge in [-0.05, 0) is 19.5 Å². The lowest BCUT2D eigenvalue weighted by atomic mass is 10.1. The number of nitrogens with zero attached hydrogens (tertiary/aromatic N) is 3. The molecule has 0 saturated carbocycles. The summed E-state index contributed by atoms with van der Waals surface area (Å²) in [4.78, 5) is 10.7. The molecule has 0 spiro atoms. The molecule has 0 atom stereocenters. The van der Waals surface area contributed by atoms with Crippen LogP contribution in [-0.4, -0.2) is 28.7 Å². The van der Waals surface area contributed by atoms with Crippen molar-refractivity contribution in [1.29, 1.82) is 0 Å². The lowest BCUT2D eigenvalue weighted by molar-refractivity contribution is -0.384. The zero-order valence-corrected chi connectivity index (χ0v) is 11.5. The van der Waals surface area contributed by atoms with Crippen molar-refractivity contribution in [2.45, 2.75) is 13.3 Å². The summed E-state index contributed by atoms with van der Waals surface area (Å²) in [5.41, 5.74) is 1.49. The van der Waals surface area contributed by atoms with Gasteiger partial charge in [-0.3, -0.25) is 10.1 Å². The fourth-order valence-corrected chi connectivity index (χ4v) is 2.73. The molecule has 0 amide bonds. The molecule has 0 bridgehead atoms. The van der Waals surface area contributed by atoms with Crippen molar-refractivity contribution in [2.75, 3.05) is 13.6 Å². The van der Waals surface area contributed by atoms with Crippen LogP contribution in [-0.2, 0) is 6.42 Å². The first-order valence-electron chi connectivity index (χ1n) is 5.85. The van der Waals surface area contributed by atoms with Crippen LogP contribution in [0.2, 0.25) is 0 Å². The van der Waals surface area contributed by atoms with Crippen molar-refractivity contribution < 1.29 is 4.92 Å². The van der Waals surface area contributed by atoms with Gasteiger partial charge in [-0.25, -0.2) is 0 Å². The van der Waals surface area contributed by atoms with Crippen molar-refractivity contribution in [3.63, 3.8) is 0 Å². The van der Waals surface area contributed by atoms with Gasteiger partial charge in [0, 0.05) is 19.0 Å². The van der Waals surface area contributed by atoms with E-state index in [4.69, 9.17) is 0 Å². The van der Waals surface area contributed by atoms with Gasteiger partial charge in [0.05, 0.1) is 10.5 Å². The van der Waals surface area contributed by atoms with Crippen LogP contribution in [0.3, 0.4) is 0 Å². The van der Waals surface area contributed by atoms with Crippen molar-refractivity contribution >= 4 is 17.0 Å². The first-order valence-corrected chi connectivity index (χ1v) is 6.66. The lowest BCUT2D eigenvalue weighted by Gasteiger charge is -2.02. The Labute approximate surface area is 114 Å². The van der Waals surface area contributed by atoms with Crippen LogP contribution in [0.15, 0.2) is 18.2 Å². The molecule has 1 heterocycles. The molecule has 6 nitrogen and oxygen atoms in total. The van der Waals surface area contributed by atoms with Crippen LogP contribution in [0.1, 0.15) is 10.6 Å². The van der Waals surface area contributed by atoms with Crippen LogP contribution in [0.5, 0.6) is 0 Å². The normalized spacial score (nSPS) is 10.6. The third-order valence-electron chi connectivity index (χ3n) is 2.72. The van der Waals surface area contributed by atoms with Crippen molar-refractivity contribution in [1.82, 2.24) is 15.5 Å². The predicted octanol–water partition coefficient (Wildman–Crippen LogP) is 2.18. The van der Waals surface area contributed by atoms with Crippen LogP contribution in [0.4, 0.5) is 5.69 Å². The van der Waals surface area contributed by atoms with Gasteiger partial charge in [-0.2, -0.15) is 0 Å². The molecule has 1 N–H and O–H groups in total. The number of nitrogens with one attached hydrogen (secondary N) is 1. The van der Waals surface area contributed by atoms with Gasteiger partial charge in [0.2, 0.25) is 0 Å². The minimum atomic E-state index is -0.378. The second kappa shape index (κ2) is 5.85. The monoisotopic (exact) mass is 278 g/mol. The Morgan fingerprint density at radius 2 is 2.21 bits per heavy atom. The first-order chi connectivity index (χ1) is 9.13. The van der Waals surface area contributed by atoms with Gasteiger partial charge in [0.1, 0.15) is 5.01 Å². The molecule has 0 aliphatic rings. The highest BCUT2D eigenvalue weighted by molar-refractivity contribution is 7.14. The number of aryl methyl sites for hydroxylation is 1. The standard InChI is InChI=1S/C12H14N4O2S/c1-8-4-3-5-9(16(17)18)11(8)12-15-14-10(19-12)6-7-13-2/h3-5,13H,6-7H2,1-2H3. The fraction of sp³-hybridized carbons (Fsp3) is 0.333. The van der Waals surface area contributed by atoms with Crippen LogP contribution in [0, 0.1) is 17.0 Å². The van der Waals surface area contributed by atoms with E-state index >= 15 is 0 Å². The molecule has 0 saturated heterocycles. The van der Waals surface area contributed by atoms with Crippen molar-refractivity contribution in [3.8, 4) is 10.6 Å². The third kappa shape index (κ3) is 2.94. The maximum Gasteiger partial charge on any atom is 0.279 e. The molecule has 1 aromatic carbocycles. The van der Waals surface area contributed by atoms with E-state index in [2.05, 4.69) is 15.5 Å². The summed E-state index contributed by atoms with van der Waals surface area (Å²) < 4.78 is 0.